The fraction of sp³-hybridized carbons (Fsp3) is 0.500. The monoisotopic (exact) mass is 301 g/mol. The number of aliphatic hydroxyl groups excluding tert-OH is 1. The smallest absolute Gasteiger partial charge is 0.408 e. The molecule has 1 rings (SSSR count). The molecule has 1 heterocycles. The number of amides is 1. The number of hydrogen-bond acceptors (Lipinski definition) is 6. The lowest BCUT2D eigenvalue weighted by atomic mass is 10.2. The van der Waals surface area contributed by atoms with Crippen LogP contribution in [0.15, 0.2) is 16.6 Å². The quantitative estimate of drug-likeness (QED) is 0.290. The van der Waals surface area contributed by atoms with Gasteiger partial charge >= 0.3 is 6.09 Å². The van der Waals surface area contributed by atoms with Crippen molar-refractivity contribution < 1.29 is 19.8 Å². The van der Waals surface area contributed by atoms with Gasteiger partial charge in [-0.1, -0.05) is 5.16 Å². The second kappa shape index (κ2) is 6.58. The highest BCUT2D eigenvalue weighted by Crippen LogP contribution is 2.22. The molecular formula is C12H19N3O4S. The Kier molecular flexibility index (Phi) is 5.34. The van der Waals surface area contributed by atoms with E-state index in [4.69, 9.17) is 15.7 Å². The number of alkyl carbamates (subject to hydrolysis) is 1. The maximum atomic E-state index is 11.7. The molecule has 0 spiro atoms. The molecule has 0 radical (unpaired) electrons. The van der Waals surface area contributed by atoms with Crippen LogP contribution in [0.1, 0.15) is 37.3 Å². The van der Waals surface area contributed by atoms with Gasteiger partial charge in [-0.3, -0.25) is 0 Å². The van der Waals surface area contributed by atoms with Crippen LogP contribution in [0.5, 0.6) is 0 Å². The topological polar surface area (TPSA) is 117 Å². The number of nitrogens with two attached hydrogens (primary N) is 1. The molecule has 0 aliphatic rings. The van der Waals surface area contributed by atoms with E-state index in [0.29, 0.717) is 10.4 Å². The van der Waals surface area contributed by atoms with E-state index in [2.05, 4.69) is 10.5 Å². The molecule has 1 aromatic rings. The van der Waals surface area contributed by atoms with Crippen LogP contribution in [-0.4, -0.2) is 34.5 Å². The average molecular weight is 301 g/mol. The van der Waals surface area contributed by atoms with E-state index >= 15 is 0 Å². The first-order valence-corrected chi connectivity index (χ1v) is 6.81. The van der Waals surface area contributed by atoms with Crippen LogP contribution < -0.4 is 11.1 Å². The fourth-order valence-electron chi connectivity index (χ4n) is 1.38. The van der Waals surface area contributed by atoms with Crippen LogP contribution in [0.25, 0.3) is 0 Å². The molecule has 0 aliphatic heterocycles. The maximum absolute atomic E-state index is 11.7. The van der Waals surface area contributed by atoms with Gasteiger partial charge in [0.15, 0.2) is 5.84 Å². The van der Waals surface area contributed by atoms with Gasteiger partial charge in [0.25, 0.3) is 0 Å². The molecule has 0 saturated carbocycles. The third kappa shape index (κ3) is 4.71. The standard InChI is InChI=1S/C12H19N3O4S/c1-12(2,3)19-11(17)14-8(5-16)9-4-7(6-20-9)10(13)15-18/h4,6,8,16,18H,5H2,1-3H3,(H2,13,15)(H,14,17)/t8-/m0/s1. The summed E-state index contributed by atoms with van der Waals surface area (Å²) >= 11 is 1.28. The molecule has 0 fully saturated rings. The summed E-state index contributed by atoms with van der Waals surface area (Å²) in [4.78, 5) is 12.4. The minimum atomic E-state index is -0.615. The molecule has 0 bridgehead atoms. The Bertz CT molecular complexity index is 493. The Labute approximate surface area is 121 Å². The van der Waals surface area contributed by atoms with Crippen molar-refractivity contribution in [3.05, 3.63) is 21.9 Å². The number of amidine groups is 1. The molecule has 5 N–H and O–H groups in total. The molecule has 0 aromatic carbocycles. The van der Waals surface area contributed by atoms with Crippen molar-refractivity contribution in [2.75, 3.05) is 6.61 Å². The number of rotatable bonds is 4. The van der Waals surface area contributed by atoms with E-state index in [1.807, 2.05) is 0 Å². The Balaban J connectivity index is 2.76. The van der Waals surface area contributed by atoms with Gasteiger partial charge in [-0.05, 0) is 26.8 Å². The first kappa shape index (κ1) is 16.3. The predicted octanol–water partition coefficient (Wildman–Crippen LogP) is 1.40. The van der Waals surface area contributed by atoms with Crippen molar-refractivity contribution in [1.29, 1.82) is 0 Å². The molecule has 1 aromatic heterocycles. The van der Waals surface area contributed by atoms with Crippen LogP contribution in [0, 0.1) is 0 Å². The number of aliphatic hydroxyl groups is 1. The Hall–Kier alpha value is -1.80. The summed E-state index contributed by atoms with van der Waals surface area (Å²) in [5, 5.41) is 25.1. The van der Waals surface area contributed by atoms with E-state index in [-0.39, 0.29) is 12.4 Å². The van der Waals surface area contributed by atoms with Crippen LogP contribution in [-0.2, 0) is 4.74 Å². The molecule has 112 valence electrons. The largest absolute Gasteiger partial charge is 0.444 e. The highest BCUT2D eigenvalue weighted by molar-refractivity contribution is 7.10. The van der Waals surface area contributed by atoms with Gasteiger partial charge in [-0.15, -0.1) is 11.3 Å². The van der Waals surface area contributed by atoms with E-state index in [9.17, 15) is 9.90 Å². The minimum Gasteiger partial charge on any atom is -0.444 e. The molecule has 20 heavy (non-hydrogen) atoms. The summed E-state index contributed by atoms with van der Waals surface area (Å²) in [6.45, 7) is 4.97. The summed E-state index contributed by atoms with van der Waals surface area (Å²) in [6, 6.07) is 1.04. The zero-order valence-corrected chi connectivity index (χ0v) is 12.4. The highest BCUT2D eigenvalue weighted by Gasteiger charge is 2.21. The molecule has 0 aliphatic carbocycles. The van der Waals surface area contributed by atoms with E-state index in [1.165, 1.54) is 11.3 Å². The average Bonchev–Trinajstić information content (AvgIpc) is 2.82. The summed E-state index contributed by atoms with van der Waals surface area (Å²) in [5.41, 5.74) is 5.38. The lowest BCUT2D eigenvalue weighted by Gasteiger charge is -2.22. The summed E-state index contributed by atoms with van der Waals surface area (Å²) in [6.07, 6.45) is -0.615. The summed E-state index contributed by atoms with van der Waals surface area (Å²) in [5.74, 6) is -0.0264. The van der Waals surface area contributed by atoms with Crippen molar-refractivity contribution in [2.24, 2.45) is 10.9 Å². The Morgan fingerprint density at radius 1 is 1.60 bits per heavy atom. The van der Waals surface area contributed by atoms with Crippen molar-refractivity contribution in [1.82, 2.24) is 5.32 Å². The van der Waals surface area contributed by atoms with Crippen LogP contribution in [0.3, 0.4) is 0 Å². The zero-order chi connectivity index (χ0) is 15.3. The molecule has 1 atom stereocenters. The number of hydrogen-bond donors (Lipinski definition) is 4. The third-order valence-electron chi connectivity index (χ3n) is 2.24. The number of carbonyl (C=O) groups excluding carboxylic acids is 1. The van der Waals surface area contributed by atoms with Crippen molar-refractivity contribution in [2.45, 2.75) is 32.4 Å². The second-order valence-electron chi connectivity index (χ2n) is 5.10. The molecule has 1 amide bonds. The van der Waals surface area contributed by atoms with Gasteiger partial charge in [0.1, 0.15) is 5.60 Å². The zero-order valence-electron chi connectivity index (χ0n) is 11.6. The summed E-state index contributed by atoms with van der Waals surface area (Å²) in [7, 11) is 0. The molecule has 0 saturated heterocycles. The van der Waals surface area contributed by atoms with Gasteiger partial charge in [0, 0.05) is 15.8 Å². The Morgan fingerprint density at radius 3 is 2.75 bits per heavy atom. The van der Waals surface area contributed by atoms with Crippen LogP contribution in [0.4, 0.5) is 4.79 Å². The molecule has 0 unspecified atom stereocenters. The van der Waals surface area contributed by atoms with E-state index in [0.717, 1.165) is 0 Å². The number of nitrogens with zero attached hydrogens (tertiary/aromatic N) is 1. The van der Waals surface area contributed by atoms with Gasteiger partial charge in [-0.2, -0.15) is 0 Å². The minimum absolute atomic E-state index is 0.0264. The first-order chi connectivity index (χ1) is 9.26. The molecule has 8 heteroatoms. The number of nitrogens with one attached hydrogen (secondary N) is 1. The van der Waals surface area contributed by atoms with Crippen LogP contribution in [0.2, 0.25) is 0 Å². The lowest BCUT2D eigenvalue weighted by molar-refractivity contribution is 0.0483. The number of ether oxygens (including phenoxy) is 1. The highest BCUT2D eigenvalue weighted by atomic mass is 32.1. The predicted molar refractivity (Wildman–Crippen MR) is 76.0 cm³/mol. The maximum Gasteiger partial charge on any atom is 0.408 e. The normalized spacial score (nSPS) is 13.9. The second-order valence-corrected chi connectivity index (χ2v) is 6.05. The fourth-order valence-corrected chi connectivity index (χ4v) is 2.33. The van der Waals surface area contributed by atoms with Gasteiger partial charge in [0.05, 0.1) is 12.6 Å². The van der Waals surface area contributed by atoms with E-state index < -0.39 is 17.7 Å². The van der Waals surface area contributed by atoms with Gasteiger partial charge < -0.3 is 26.1 Å². The first-order valence-electron chi connectivity index (χ1n) is 5.93. The van der Waals surface area contributed by atoms with Gasteiger partial charge in [0.2, 0.25) is 0 Å². The Morgan fingerprint density at radius 2 is 2.25 bits per heavy atom. The number of carbonyl (C=O) groups is 1. The molecular weight excluding hydrogens is 282 g/mol. The van der Waals surface area contributed by atoms with E-state index in [1.54, 1.807) is 32.2 Å². The van der Waals surface area contributed by atoms with Crippen molar-refractivity contribution in [3.63, 3.8) is 0 Å². The van der Waals surface area contributed by atoms with Crippen molar-refractivity contribution in [3.8, 4) is 0 Å². The van der Waals surface area contributed by atoms with Gasteiger partial charge in [-0.25, -0.2) is 4.79 Å². The number of thiophene rings is 1. The lowest BCUT2D eigenvalue weighted by Crippen LogP contribution is -2.36. The van der Waals surface area contributed by atoms with Crippen molar-refractivity contribution >= 4 is 23.3 Å². The van der Waals surface area contributed by atoms with Crippen LogP contribution >= 0.6 is 11.3 Å². The number of oxime groups is 1. The molecule has 7 nitrogen and oxygen atoms in total. The summed E-state index contributed by atoms with van der Waals surface area (Å²) < 4.78 is 5.12. The third-order valence-corrected chi connectivity index (χ3v) is 3.29. The SMILES string of the molecule is CC(C)(C)OC(=O)N[C@@H](CO)c1cc(C(N)=NO)cs1.